The van der Waals surface area contributed by atoms with Gasteiger partial charge in [0.05, 0.1) is 44.2 Å². The molecule has 1 atom stereocenters. The summed E-state index contributed by atoms with van der Waals surface area (Å²) in [5, 5.41) is 19.0. The van der Waals surface area contributed by atoms with E-state index < -0.39 is 9.71 Å². The van der Waals surface area contributed by atoms with E-state index in [2.05, 4.69) is 27.1 Å². The van der Waals surface area contributed by atoms with Crippen LogP contribution in [0.4, 0.5) is 17.1 Å². The highest BCUT2D eigenvalue weighted by Gasteiger charge is 2.28. The Morgan fingerprint density at radius 3 is 2.26 bits per heavy atom. The molecule has 2 aliphatic heterocycles. The molecule has 0 saturated carbocycles. The normalized spacial score (nSPS) is 17.3. The van der Waals surface area contributed by atoms with Gasteiger partial charge in [-0.15, -0.1) is 0 Å². The molecular weight excluding hydrogens is 548 g/mol. The summed E-state index contributed by atoms with van der Waals surface area (Å²) in [7, 11) is -1.28. The number of para-hydroxylation sites is 2. The van der Waals surface area contributed by atoms with Crippen molar-refractivity contribution in [3.05, 3.63) is 77.4 Å². The summed E-state index contributed by atoms with van der Waals surface area (Å²) in [5.74, 6) is 4.14. The smallest absolute Gasteiger partial charge is 0.257 e. The monoisotopic (exact) mass is 586 g/mol. The number of nitrogens with zero attached hydrogens (tertiary/aromatic N) is 4. The van der Waals surface area contributed by atoms with Gasteiger partial charge < -0.3 is 24.8 Å². The lowest BCUT2D eigenvalue weighted by molar-refractivity contribution is 0.0743. The number of ether oxygens (including phenoxy) is 1. The Bertz CT molecular complexity index is 1600. The lowest BCUT2D eigenvalue weighted by Crippen LogP contribution is -2.49. The fraction of sp³-hybridized carbons (Fsp3) is 0.344. The van der Waals surface area contributed by atoms with E-state index in [-0.39, 0.29) is 11.9 Å². The van der Waals surface area contributed by atoms with Gasteiger partial charge >= 0.3 is 0 Å². The maximum Gasteiger partial charge on any atom is 0.257 e. The van der Waals surface area contributed by atoms with Gasteiger partial charge in [-0.05, 0) is 67.6 Å². The molecule has 10 heteroatoms. The highest BCUT2D eigenvalue weighted by Crippen LogP contribution is 2.32. The third-order valence-corrected chi connectivity index (χ3v) is 9.23. The minimum Gasteiger partial charge on any atom is -0.496 e. The number of piperazine rings is 1. The van der Waals surface area contributed by atoms with E-state index in [1.165, 1.54) is 0 Å². The summed E-state index contributed by atoms with van der Waals surface area (Å²) in [6.07, 6.45) is 1.83. The van der Waals surface area contributed by atoms with Gasteiger partial charge in [0.25, 0.3) is 5.91 Å². The molecule has 0 bridgehead atoms. The van der Waals surface area contributed by atoms with E-state index in [1.54, 1.807) is 13.2 Å². The largest absolute Gasteiger partial charge is 0.496 e. The SMILES string of the molecule is C=S(N)(=O)c1ccccc1N1CCN(C(=O)c2cc(NC3CCN(c4ccccc4C#N)CC3)c(C)cc2OC)CC1. The van der Waals surface area contributed by atoms with Gasteiger partial charge in [-0.1, -0.05) is 24.3 Å². The van der Waals surface area contributed by atoms with Gasteiger partial charge in [-0.25, -0.2) is 4.21 Å². The maximum absolute atomic E-state index is 13.8. The second-order valence-corrected chi connectivity index (χ2v) is 12.8. The summed E-state index contributed by atoms with van der Waals surface area (Å²) in [6.45, 7) is 5.91. The van der Waals surface area contributed by atoms with Crippen LogP contribution in [0.25, 0.3) is 0 Å². The topological polar surface area (TPSA) is 115 Å². The number of amides is 1. The molecule has 1 unspecified atom stereocenters. The van der Waals surface area contributed by atoms with Crippen molar-refractivity contribution in [1.29, 1.82) is 5.26 Å². The van der Waals surface area contributed by atoms with Crippen molar-refractivity contribution in [2.24, 2.45) is 5.14 Å². The molecule has 0 radical (unpaired) electrons. The van der Waals surface area contributed by atoms with E-state index in [1.807, 2.05) is 66.4 Å². The Hall–Kier alpha value is -4.20. The quantitative estimate of drug-likeness (QED) is 0.404. The third-order valence-electron chi connectivity index (χ3n) is 8.14. The average Bonchev–Trinajstić information content (AvgIpc) is 3.01. The van der Waals surface area contributed by atoms with Crippen LogP contribution in [-0.2, 0) is 9.71 Å². The van der Waals surface area contributed by atoms with Gasteiger partial charge in [0.2, 0.25) is 0 Å². The molecule has 2 saturated heterocycles. The van der Waals surface area contributed by atoms with Crippen LogP contribution in [0.1, 0.15) is 34.3 Å². The van der Waals surface area contributed by atoms with Gasteiger partial charge in [0.1, 0.15) is 11.8 Å². The zero-order valence-electron chi connectivity index (χ0n) is 24.2. The number of hydrogen-bond donors (Lipinski definition) is 2. The molecule has 2 heterocycles. The van der Waals surface area contributed by atoms with Crippen LogP contribution in [0.2, 0.25) is 0 Å². The average molecular weight is 587 g/mol. The number of hydrogen-bond acceptors (Lipinski definition) is 7. The number of aryl methyl sites for hydroxylation is 1. The highest BCUT2D eigenvalue weighted by molar-refractivity contribution is 7.98. The van der Waals surface area contributed by atoms with Gasteiger partial charge in [0, 0.05) is 51.0 Å². The predicted molar refractivity (Wildman–Crippen MR) is 170 cm³/mol. The molecule has 220 valence electrons. The van der Waals surface area contributed by atoms with Gasteiger partial charge in [0.15, 0.2) is 0 Å². The van der Waals surface area contributed by atoms with Crippen molar-refractivity contribution in [3.63, 3.8) is 0 Å². The summed E-state index contributed by atoms with van der Waals surface area (Å²) >= 11 is 0. The van der Waals surface area contributed by atoms with Crippen molar-refractivity contribution in [2.75, 3.05) is 61.5 Å². The first-order chi connectivity index (χ1) is 20.2. The molecule has 3 N–H and O–H groups in total. The molecule has 3 aromatic rings. The predicted octanol–water partition coefficient (Wildman–Crippen LogP) is 3.87. The second-order valence-electron chi connectivity index (χ2n) is 10.9. The van der Waals surface area contributed by atoms with Gasteiger partial charge in [-0.2, -0.15) is 5.26 Å². The maximum atomic E-state index is 13.8. The number of anilines is 3. The number of nitriles is 1. The lowest BCUT2D eigenvalue weighted by atomic mass is 10.0. The number of rotatable bonds is 7. The number of piperidine rings is 1. The molecule has 0 spiro atoms. The number of carbonyl (C=O) groups excluding carboxylic acids is 1. The van der Waals surface area contributed by atoms with E-state index in [9.17, 15) is 14.3 Å². The Morgan fingerprint density at radius 1 is 1.00 bits per heavy atom. The zero-order chi connectivity index (χ0) is 29.9. The van der Waals surface area contributed by atoms with E-state index in [4.69, 9.17) is 9.88 Å². The zero-order valence-corrected chi connectivity index (χ0v) is 25.0. The van der Waals surface area contributed by atoms with Crippen molar-refractivity contribution in [2.45, 2.75) is 30.7 Å². The minimum atomic E-state index is -2.87. The first-order valence-electron chi connectivity index (χ1n) is 14.2. The van der Waals surface area contributed by atoms with Crippen LogP contribution >= 0.6 is 0 Å². The Morgan fingerprint density at radius 2 is 1.62 bits per heavy atom. The Kier molecular flexibility index (Phi) is 8.61. The van der Waals surface area contributed by atoms with Crippen LogP contribution in [0, 0.1) is 18.3 Å². The molecule has 1 amide bonds. The number of benzene rings is 3. The number of methoxy groups -OCH3 is 1. The van der Waals surface area contributed by atoms with Crippen LogP contribution in [0.3, 0.4) is 0 Å². The summed E-state index contributed by atoms with van der Waals surface area (Å²) < 4.78 is 18.2. The first kappa shape index (κ1) is 29.3. The van der Waals surface area contributed by atoms with Crippen molar-refractivity contribution in [3.8, 4) is 11.8 Å². The van der Waals surface area contributed by atoms with Crippen molar-refractivity contribution in [1.82, 2.24) is 4.90 Å². The highest BCUT2D eigenvalue weighted by atomic mass is 32.2. The standard InChI is InChI=1S/C32H38N6O3S/c1-23-20-30(41-2)26(21-27(23)35-25-12-14-36(15-13-25)28-9-5-4-8-24(28)22-33)32(39)38-18-16-37(17-19-38)29-10-6-7-11-31(29)42(3,34)40/h4-11,20-21,25,35H,3,12-19H2,1-2H3,(H2,34,40). The third kappa shape index (κ3) is 6.17. The minimum absolute atomic E-state index is 0.0782. The van der Waals surface area contributed by atoms with E-state index in [0.29, 0.717) is 48.0 Å². The summed E-state index contributed by atoms with van der Waals surface area (Å²) in [4.78, 5) is 20.5. The molecule has 5 rings (SSSR count). The molecule has 9 nitrogen and oxygen atoms in total. The molecule has 3 aromatic carbocycles. The molecule has 2 fully saturated rings. The number of nitrogens with two attached hydrogens (primary N) is 1. The fourth-order valence-electron chi connectivity index (χ4n) is 5.83. The van der Waals surface area contributed by atoms with Crippen LogP contribution in [0.15, 0.2) is 65.6 Å². The number of carbonyl (C=O) groups is 1. The van der Waals surface area contributed by atoms with E-state index in [0.717, 1.165) is 48.6 Å². The van der Waals surface area contributed by atoms with Crippen LogP contribution < -0.4 is 25.0 Å². The van der Waals surface area contributed by atoms with E-state index >= 15 is 0 Å². The molecule has 2 aliphatic rings. The summed E-state index contributed by atoms with van der Waals surface area (Å²) in [5.41, 5.74) is 4.95. The lowest BCUT2D eigenvalue weighted by Gasteiger charge is -2.37. The number of nitrogens with one attached hydrogen (secondary N) is 1. The van der Waals surface area contributed by atoms with Crippen molar-refractivity contribution < 1.29 is 13.7 Å². The summed E-state index contributed by atoms with van der Waals surface area (Å²) in [6, 6.07) is 21.5. The fourth-order valence-corrected chi connectivity index (χ4v) is 6.69. The van der Waals surface area contributed by atoms with Gasteiger partial charge in [-0.3, -0.25) is 9.93 Å². The van der Waals surface area contributed by atoms with Crippen molar-refractivity contribution >= 4 is 38.5 Å². The molecule has 0 aromatic heterocycles. The first-order valence-corrected chi connectivity index (χ1v) is 16.0. The van der Waals surface area contributed by atoms with Crippen LogP contribution in [0.5, 0.6) is 5.75 Å². The van der Waals surface area contributed by atoms with Crippen LogP contribution in [-0.4, -0.2) is 73.3 Å². The Labute approximate surface area is 248 Å². The molecule has 42 heavy (non-hydrogen) atoms. The molecular formula is C32H38N6O3S. The Balaban J connectivity index is 1.26. The molecule has 0 aliphatic carbocycles. The second kappa shape index (κ2) is 12.3.